The van der Waals surface area contributed by atoms with Gasteiger partial charge >= 0.3 is 0 Å². The van der Waals surface area contributed by atoms with E-state index in [1.807, 2.05) is 0 Å². The lowest BCUT2D eigenvalue weighted by Gasteiger charge is -2.66. The average Bonchev–Trinajstić information content (AvgIpc) is 2.00. The molecule has 1 heterocycles. The number of rotatable bonds is 1. The van der Waals surface area contributed by atoms with Crippen LogP contribution in [0.25, 0.3) is 0 Å². The Balaban J connectivity index is 2.79. The summed E-state index contributed by atoms with van der Waals surface area (Å²) in [6, 6.07) is 1.36. The van der Waals surface area contributed by atoms with Crippen molar-refractivity contribution in [1.29, 1.82) is 0 Å². The van der Waals surface area contributed by atoms with Gasteiger partial charge in [0.1, 0.15) is 0 Å². The minimum atomic E-state index is -1.09. The monoisotopic (exact) mass is 188 g/mol. The Labute approximate surface area is 72.5 Å². The summed E-state index contributed by atoms with van der Waals surface area (Å²) < 4.78 is 5.42. The molecule has 2 nitrogen and oxygen atoms in total. The van der Waals surface area contributed by atoms with Crippen molar-refractivity contribution in [3.63, 3.8) is 0 Å². The topological polar surface area (TPSA) is 6.48 Å². The maximum absolute atomic E-state index is 2.71. The molecule has 1 aliphatic heterocycles. The molecule has 0 atom stereocenters. The van der Waals surface area contributed by atoms with E-state index in [2.05, 4.69) is 49.1 Å². The van der Waals surface area contributed by atoms with Crippen molar-refractivity contribution in [2.24, 2.45) is 0 Å². The third-order valence-corrected chi connectivity index (χ3v) is 17.4. The molecule has 0 amide bonds. The van der Waals surface area contributed by atoms with Crippen molar-refractivity contribution in [3.05, 3.63) is 0 Å². The zero-order valence-electron chi connectivity index (χ0n) is 8.60. The Kier molecular flexibility index (Phi) is 2.08. The fraction of sp³-hybridized carbons (Fsp3) is 1.00. The summed E-state index contributed by atoms with van der Waals surface area (Å²) in [6.07, 6.45) is 0. The lowest BCUT2D eigenvalue weighted by molar-refractivity contribution is 0.475. The van der Waals surface area contributed by atoms with Crippen molar-refractivity contribution in [1.82, 2.24) is 8.46 Å². The SMILES string of the molecule is CC[Si]1(C)N(C)[Si](C)(C)N1C. The van der Waals surface area contributed by atoms with Crippen LogP contribution in [0.5, 0.6) is 0 Å². The van der Waals surface area contributed by atoms with Crippen LogP contribution in [0.2, 0.25) is 25.7 Å². The summed E-state index contributed by atoms with van der Waals surface area (Å²) in [5.74, 6) is 0. The Morgan fingerprint density at radius 3 is 1.55 bits per heavy atom. The maximum atomic E-state index is 2.71. The van der Waals surface area contributed by atoms with E-state index in [9.17, 15) is 0 Å². The predicted molar refractivity (Wildman–Crippen MR) is 55.1 cm³/mol. The highest BCUT2D eigenvalue weighted by molar-refractivity contribution is 7.03. The molecule has 1 fully saturated rings. The summed E-state index contributed by atoms with van der Waals surface area (Å²) in [5.41, 5.74) is 0. The van der Waals surface area contributed by atoms with Crippen LogP contribution < -0.4 is 0 Å². The Hall–Kier alpha value is 0.354. The van der Waals surface area contributed by atoms with Gasteiger partial charge in [-0.2, -0.15) is 0 Å². The fourth-order valence-corrected chi connectivity index (χ4v) is 15.4. The van der Waals surface area contributed by atoms with Crippen LogP contribution in [0, 0.1) is 0 Å². The first-order valence-corrected chi connectivity index (χ1v) is 9.85. The second-order valence-electron chi connectivity index (χ2n) is 4.18. The van der Waals surface area contributed by atoms with Crippen molar-refractivity contribution in [2.45, 2.75) is 32.6 Å². The standard InChI is InChI=1S/C7H20N2Si2/c1-7-11(6)8(2)10(4,5)9(11)3/h7H2,1-6H3. The molecule has 0 aromatic rings. The zero-order chi connectivity index (χ0) is 8.86. The summed E-state index contributed by atoms with van der Waals surface area (Å²) in [6.45, 7) is 9.64. The van der Waals surface area contributed by atoms with Gasteiger partial charge in [-0.25, -0.2) is 0 Å². The van der Waals surface area contributed by atoms with E-state index < -0.39 is 16.8 Å². The van der Waals surface area contributed by atoms with Crippen LogP contribution in [0.15, 0.2) is 0 Å². The van der Waals surface area contributed by atoms with Gasteiger partial charge in [-0.05, 0) is 39.8 Å². The quantitative estimate of drug-likeness (QED) is 0.578. The molecule has 0 bridgehead atoms. The molecule has 4 heteroatoms. The Morgan fingerprint density at radius 1 is 1.00 bits per heavy atom. The van der Waals surface area contributed by atoms with E-state index in [1.54, 1.807) is 0 Å². The van der Waals surface area contributed by atoms with Crippen molar-refractivity contribution in [3.8, 4) is 0 Å². The fourth-order valence-electron chi connectivity index (χ4n) is 2.06. The normalized spacial score (nSPS) is 30.0. The first-order valence-electron chi connectivity index (χ1n) is 4.35. The minimum Gasteiger partial charge on any atom is -0.325 e. The van der Waals surface area contributed by atoms with E-state index in [-0.39, 0.29) is 0 Å². The van der Waals surface area contributed by atoms with Gasteiger partial charge in [-0.3, -0.25) is 0 Å². The highest BCUT2D eigenvalue weighted by atomic mass is 28.5. The van der Waals surface area contributed by atoms with Gasteiger partial charge in [0.2, 0.25) is 0 Å². The van der Waals surface area contributed by atoms with Gasteiger partial charge in [0.25, 0.3) is 0 Å². The summed E-state index contributed by atoms with van der Waals surface area (Å²) >= 11 is 0. The zero-order valence-corrected chi connectivity index (χ0v) is 10.6. The molecule has 66 valence electrons. The average molecular weight is 188 g/mol. The van der Waals surface area contributed by atoms with Crippen molar-refractivity contribution in [2.75, 3.05) is 14.1 Å². The molecule has 1 rings (SSSR count). The second kappa shape index (κ2) is 2.42. The number of hydrogen-bond donors (Lipinski definition) is 0. The second-order valence-corrected chi connectivity index (χ2v) is 13.9. The maximum Gasteiger partial charge on any atom is 0.191 e. The summed E-state index contributed by atoms with van der Waals surface area (Å²) in [7, 11) is 2.47. The first-order chi connectivity index (χ1) is 4.87. The Bertz CT molecular complexity index is 158. The highest BCUT2D eigenvalue weighted by Gasteiger charge is 2.58. The number of nitrogens with zero attached hydrogens (tertiary/aromatic N) is 2. The molecule has 0 saturated carbocycles. The third-order valence-electron chi connectivity index (χ3n) is 3.76. The van der Waals surface area contributed by atoms with Crippen LogP contribution in [-0.4, -0.2) is 39.4 Å². The number of hydrogen-bond acceptors (Lipinski definition) is 2. The van der Waals surface area contributed by atoms with E-state index in [4.69, 9.17) is 0 Å². The van der Waals surface area contributed by atoms with Crippen LogP contribution >= 0.6 is 0 Å². The molecule has 1 aliphatic rings. The molecule has 11 heavy (non-hydrogen) atoms. The van der Waals surface area contributed by atoms with Crippen molar-refractivity contribution < 1.29 is 0 Å². The predicted octanol–water partition coefficient (Wildman–Crippen LogP) is 1.66. The summed E-state index contributed by atoms with van der Waals surface area (Å²) in [4.78, 5) is 0. The molecule has 0 radical (unpaired) electrons. The molecule has 0 aromatic carbocycles. The van der Waals surface area contributed by atoms with Gasteiger partial charge < -0.3 is 8.46 Å². The van der Waals surface area contributed by atoms with Gasteiger partial charge in [-0.1, -0.05) is 6.92 Å². The molecule has 1 saturated heterocycles. The van der Waals surface area contributed by atoms with Gasteiger partial charge in [0, 0.05) is 0 Å². The largest absolute Gasteiger partial charge is 0.325 e. The van der Waals surface area contributed by atoms with E-state index >= 15 is 0 Å². The van der Waals surface area contributed by atoms with E-state index in [0.29, 0.717) is 0 Å². The molecular weight excluding hydrogens is 168 g/mol. The molecular formula is C7H20N2Si2. The molecule has 0 unspecified atom stereocenters. The molecule has 0 spiro atoms. The molecule has 0 aromatic heterocycles. The van der Waals surface area contributed by atoms with E-state index in [1.165, 1.54) is 6.04 Å². The third kappa shape index (κ3) is 0.966. The van der Waals surface area contributed by atoms with Gasteiger partial charge in [0.05, 0.1) is 0 Å². The van der Waals surface area contributed by atoms with Crippen molar-refractivity contribution >= 4 is 16.8 Å². The van der Waals surface area contributed by atoms with Crippen LogP contribution in [0.1, 0.15) is 6.92 Å². The smallest absolute Gasteiger partial charge is 0.191 e. The first kappa shape index (κ1) is 9.44. The van der Waals surface area contributed by atoms with Gasteiger partial charge in [0.15, 0.2) is 16.8 Å². The minimum absolute atomic E-state index is 1.08. The lowest BCUT2D eigenvalue weighted by Crippen LogP contribution is -2.88. The van der Waals surface area contributed by atoms with Crippen LogP contribution in [0.4, 0.5) is 0 Å². The summed E-state index contributed by atoms with van der Waals surface area (Å²) in [5, 5.41) is 0. The van der Waals surface area contributed by atoms with Crippen LogP contribution in [0.3, 0.4) is 0 Å². The Morgan fingerprint density at radius 2 is 1.36 bits per heavy atom. The van der Waals surface area contributed by atoms with Gasteiger partial charge in [-0.15, -0.1) is 0 Å². The van der Waals surface area contributed by atoms with Crippen LogP contribution in [-0.2, 0) is 0 Å². The highest BCUT2D eigenvalue weighted by Crippen LogP contribution is 2.37. The van der Waals surface area contributed by atoms with E-state index in [0.717, 1.165) is 0 Å². The molecule has 0 aliphatic carbocycles. The molecule has 0 N–H and O–H groups in total. The lowest BCUT2D eigenvalue weighted by atomic mass is 11.0.